The second-order valence-electron chi connectivity index (χ2n) is 1.73. The fraction of sp³-hybridized carbons (Fsp3) is 0.500. The van der Waals surface area contributed by atoms with Crippen LogP contribution in [-0.2, 0) is 19.3 Å². The van der Waals surface area contributed by atoms with Crippen LogP contribution in [0.25, 0.3) is 0 Å². The fourth-order valence-electron chi connectivity index (χ4n) is 0.588. The monoisotopic (exact) mass is 144 g/mol. The van der Waals surface area contributed by atoms with Crippen LogP contribution in [0, 0.1) is 0 Å². The zero-order chi connectivity index (χ0) is 7.23. The van der Waals surface area contributed by atoms with Crippen LogP contribution < -0.4 is 0 Å². The molecule has 0 bridgehead atoms. The van der Waals surface area contributed by atoms with Crippen LogP contribution in [0.4, 0.5) is 0 Å². The fourth-order valence-corrected chi connectivity index (χ4v) is 0.588. The van der Waals surface area contributed by atoms with E-state index in [1.54, 1.807) is 6.08 Å². The van der Waals surface area contributed by atoms with Gasteiger partial charge < -0.3 is 4.74 Å². The van der Waals surface area contributed by atoms with Crippen molar-refractivity contribution in [3.8, 4) is 0 Å². The zero-order valence-electron chi connectivity index (χ0n) is 5.36. The first-order chi connectivity index (χ1) is 4.93. The van der Waals surface area contributed by atoms with Crippen molar-refractivity contribution in [2.75, 3.05) is 6.79 Å². The molecule has 10 heavy (non-hydrogen) atoms. The molecule has 0 saturated carbocycles. The van der Waals surface area contributed by atoms with Crippen LogP contribution in [-0.4, -0.2) is 19.4 Å². The molecule has 0 aromatic carbocycles. The largest absolute Gasteiger partial charge is 0.320 e. The molecule has 1 saturated heterocycles. The van der Waals surface area contributed by atoms with Crippen molar-refractivity contribution in [3.05, 3.63) is 12.2 Å². The molecule has 1 atom stereocenters. The lowest BCUT2D eigenvalue weighted by atomic mass is 10.4. The number of rotatable bonds is 3. The van der Waals surface area contributed by atoms with Crippen molar-refractivity contribution in [2.45, 2.75) is 12.7 Å². The minimum atomic E-state index is -0.351. The predicted octanol–water partition coefficient (Wildman–Crippen LogP) is 0.394. The summed E-state index contributed by atoms with van der Waals surface area (Å²) in [6, 6.07) is 0. The lowest BCUT2D eigenvalue weighted by Gasteiger charge is -1.98. The van der Waals surface area contributed by atoms with Crippen molar-refractivity contribution in [3.63, 3.8) is 0 Å². The van der Waals surface area contributed by atoms with Gasteiger partial charge in [0, 0.05) is 6.42 Å². The molecule has 4 nitrogen and oxygen atoms in total. The minimum Gasteiger partial charge on any atom is -0.320 e. The van der Waals surface area contributed by atoms with E-state index in [1.165, 1.54) is 6.08 Å². The topological polar surface area (TPSA) is 44.8 Å². The number of hydrogen-bond donors (Lipinski definition) is 0. The van der Waals surface area contributed by atoms with Crippen LogP contribution >= 0.6 is 0 Å². The Balaban J connectivity index is 2.12. The molecule has 56 valence electrons. The van der Waals surface area contributed by atoms with E-state index < -0.39 is 0 Å². The van der Waals surface area contributed by atoms with Gasteiger partial charge in [-0.1, -0.05) is 6.08 Å². The van der Waals surface area contributed by atoms with Crippen molar-refractivity contribution < 1.29 is 19.3 Å². The van der Waals surface area contributed by atoms with Crippen LogP contribution in [0.1, 0.15) is 6.42 Å². The van der Waals surface area contributed by atoms with Gasteiger partial charge >= 0.3 is 0 Å². The summed E-state index contributed by atoms with van der Waals surface area (Å²) < 4.78 is 4.89. The van der Waals surface area contributed by atoms with Crippen LogP contribution in [0.15, 0.2) is 12.2 Å². The number of hydrogen-bond acceptors (Lipinski definition) is 4. The first-order valence-electron chi connectivity index (χ1n) is 2.93. The van der Waals surface area contributed by atoms with E-state index in [-0.39, 0.29) is 13.1 Å². The molecule has 1 fully saturated rings. The van der Waals surface area contributed by atoms with Crippen molar-refractivity contribution in [1.82, 2.24) is 0 Å². The summed E-state index contributed by atoms with van der Waals surface area (Å²) in [6.45, 7) is 0.166. The molecule has 1 heterocycles. The Kier molecular flexibility index (Phi) is 3.08. The molecule has 1 aliphatic rings. The smallest absolute Gasteiger partial charge is 0.197 e. The zero-order valence-corrected chi connectivity index (χ0v) is 5.36. The highest BCUT2D eigenvalue weighted by Gasteiger charge is 2.14. The molecule has 0 aromatic rings. The Hall–Kier alpha value is -0.710. The average molecular weight is 144 g/mol. The Labute approximate surface area is 58.3 Å². The maximum Gasteiger partial charge on any atom is 0.197 e. The highest BCUT2D eigenvalue weighted by atomic mass is 17.3. The third-order valence-corrected chi connectivity index (χ3v) is 1.02. The highest BCUT2D eigenvalue weighted by Crippen LogP contribution is 2.08. The predicted molar refractivity (Wildman–Crippen MR) is 31.7 cm³/mol. The molecule has 1 unspecified atom stereocenters. The van der Waals surface area contributed by atoms with Crippen LogP contribution in [0.2, 0.25) is 0 Å². The summed E-state index contributed by atoms with van der Waals surface area (Å²) >= 11 is 0. The van der Waals surface area contributed by atoms with Crippen molar-refractivity contribution in [2.24, 2.45) is 0 Å². The number of ether oxygens (including phenoxy) is 1. The molecule has 0 radical (unpaired) electrons. The molecule has 1 aliphatic heterocycles. The molecular formula is C6H8O4. The number of carbonyl (C=O) groups is 1. The van der Waals surface area contributed by atoms with E-state index in [0.29, 0.717) is 12.7 Å². The number of aldehydes is 1. The molecule has 0 N–H and O–H groups in total. The molecule has 0 spiro atoms. The third-order valence-electron chi connectivity index (χ3n) is 1.02. The Morgan fingerprint density at radius 3 is 3.10 bits per heavy atom. The third kappa shape index (κ3) is 2.26. The lowest BCUT2D eigenvalue weighted by Crippen LogP contribution is -2.04. The van der Waals surface area contributed by atoms with E-state index in [4.69, 9.17) is 4.74 Å². The van der Waals surface area contributed by atoms with Gasteiger partial charge in [-0.25, -0.2) is 9.78 Å². The van der Waals surface area contributed by atoms with Crippen LogP contribution in [0.5, 0.6) is 0 Å². The first kappa shape index (κ1) is 7.40. The Morgan fingerprint density at radius 1 is 1.60 bits per heavy atom. The summed E-state index contributed by atoms with van der Waals surface area (Å²) in [7, 11) is 0. The highest BCUT2D eigenvalue weighted by molar-refractivity contribution is 5.64. The molecule has 4 heteroatoms. The molecule has 0 aliphatic carbocycles. The summed E-state index contributed by atoms with van der Waals surface area (Å²) in [5.41, 5.74) is 0. The van der Waals surface area contributed by atoms with Gasteiger partial charge in [0.25, 0.3) is 0 Å². The van der Waals surface area contributed by atoms with Crippen molar-refractivity contribution >= 4 is 6.29 Å². The van der Waals surface area contributed by atoms with Gasteiger partial charge in [-0.2, -0.15) is 0 Å². The van der Waals surface area contributed by atoms with E-state index in [2.05, 4.69) is 9.78 Å². The summed E-state index contributed by atoms with van der Waals surface area (Å²) in [4.78, 5) is 18.8. The van der Waals surface area contributed by atoms with E-state index in [9.17, 15) is 4.79 Å². The normalized spacial score (nSPS) is 25.8. The van der Waals surface area contributed by atoms with Gasteiger partial charge in [-0.15, -0.1) is 0 Å². The van der Waals surface area contributed by atoms with Gasteiger partial charge in [-0.3, -0.25) is 4.79 Å². The summed E-state index contributed by atoms with van der Waals surface area (Å²) in [5, 5.41) is 0. The first-order valence-corrected chi connectivity index (χ1v) is 2.93. The van der Waals surface area contributed by atoms with Gasteiger partial charge in [-0.05, 0) is 6.08 Å². The molecule has 0 amide bonds. The second-order valence-corrected chi connectivity index (χ2v) is 1.73. The maximum absolute atomic E-state index is 9.78. The van der Waals surface area contributed by atoms with E-state index >= 15 is 0 Å². The van der Waals surface area contributed by atoms with Gasteiger partial charge in [0.15, 0.2) is 13.1 Å². The quantitative estimate of drug-likeness (QED) is 0.326. The molecule has 0 aromatic heterocycles. The van der Waals surface area contributed by atoms with Crippen LogP contribution in [0.3, 0.4) is 0 Å². The van der Waals surface area contributed by atoms with Crippen molar-refractivity contribution in [1.29, 1.82) is 0 Å². The summed E-state index contributed by atoms with van der Waals surface area (Å²) in [6.07, 6.45) is 3.95. The number of allylic oxidation sites excluding steroid dienone is 1. The average Bonchev–Trinajstić information content (AvgIpc) is 2.41. The minimum absolute atomic E-state index is 0.166. The van der Waals surface area contributed by atoms with E-state index in [0.717, 1.165) is 0 Å². The Morgan fingerprint density at radius 2 is 2.50 bits per heavy atom. The molecular weight excluding hydrogens is 136 g/mol. The summed E-state index contributed by atoms with van der Waals surface area (Å²) in [5.74, 6) is 0. The SMILES string of the molecule is O=C/C=C/CC1OCOO1. The van der Waals surface area contributed by atoms with Gasteiger partial charge in [0.05, 0.1) is 0 Å². The number of carbonyl (C=O) groups excluding carboxylic acids is 1. The standard InChI is InChI=1S/C6H8O4/c7-4-2-1-3-6-8-5-9-10-6/h1-2,4,6H,3,5H2/b2-1+. The van der Waals surface area contributed by atoms with E-state index in [1.807, 2.05) is 0 Å². The van der Waals surface area contributed by atoms with Gasteiger partial charge in [0.1, 0.15) is 6.29 Å². The van der Waals surface area contributed by atoms with Gasteiger partial charge in [0.2, 0.25) is 0 Å². The second kappa shape index (κ2) is 4.16. The maximum atomic E-state index is 9.78. The lowest BCUT2D eigenvalue weighted by molar-refractivity contribution is -0.275. The Bertz CT molecular complexity index is 126. The molecule has 1 rings (SSSR count).